The van der Waals surface area contributed by atoms with Crippen LogP contribution < -0.4 is 10.6 Å². The van der Waals surface area contributed by atoms with Crippen molar-refractivity contribution in [2.24, 2.45) is 0 Å². The van der Waals surface area contributed by atoms with Crippen molar-refractivity contribution in [2.75, 3.05) is 37.1 Å². The first-order valence-electron chi connectivity index (χ1n) is 12.2. The van der Waals surface area contributed by atoms with Crippen LogP contribution in [0.15, 0.2) is 79.4 Å². The molecule has 0 aliphatic rings. The Balaban J connectivity index is 1.79. The van der Waals surface area contributed by atoms with Crippen LogP contribution in [-0.4, -0.2) is 26.4 Å². The zero-order valence-electron chi connectivity index (χ0n) is 20.6. The second-order valence-electron chi connectivity index (χ2n) is 8.48. The summed E-state index contributed by atoms with van der Waals surface area (Å²) in [5, 5.41) is 0. The van der Waals surface area contributed by atoms with Crippen molar-refractivity contribution in [1.82, 2.24) is 0 Å². The zero-order chi connectivity index (χ0) is 24.2. The van der Waals surface area contributed by atoms with E-state index < -0.39 is 0 Å². The molecule has 0 unspecified atom stereocenters. The molecule has 0 aliphatic carbocycles. The minimum Gasteiger partial charge on any atom is -0.399 e. The van der Waals surface area contributed by atoms with E-state index in [4.69, 9.17) is 15.2 Å². The van der Waals surface area contributed by atoms with Gasteiger partial charge in [0.05, 0.1) is 6.61 Å². The molecule has 0 radical (unpaired) electrons. The summed E-state index contributed by atoms with van der Waals surface area (Å²) in [6.07, 6.45) is 5.84. The van der Waals surface area contributed by atoms with E-state index in [9.17, 15) is 0 Å². The quantitative estimate of drug-likeness (QED) is 0.158. The van der Waals surface area contributed by atoms with Crippen LogP contribution in [0.2, 0.25) is 0 Å². The molecule has 0 bridgehead atoms. The number of nitrogens with two attached hydrogens (primary N) is 1. The lowest BCUT2D eigenvalue weighted by Gasteiger charge is -2.26. The predicted octanol–water partition coefficient (Wildman–Crippen LogP) is 7.15. The molecule has 0 heterocycles. The number of nitrogen functional groups attached to an aromatic ring is 1. The SMILES string of the molecule is C=CCOCCCc1ccc(N(c2ccc(CCCOCC)cc2)c2ccc(N)c(C)c2)cc1. The molecule has 0 saturated carbocycles. The summed E-state index contributed by atoms with van der Waals surface area (Å²) in [6.45, 7) is 10.7. The number of rotatable bonds is 14. The van der Waals surface area contributed by atoms with Crippen molar-refractivity contribution in [3.8, 4) is 0 Å². The maximum absolute atomic E-state index is 6.11. The van der Waals surface area contributed by atoms with Crippen molar-refractivity contribution in [3.63, 3.8) is 0 Å². The Morgan fingerprint density at radius 1 is 0.794 bits per heavy atom. The van der Waals surface area contributed by atoms with E-state index in [0.29, 0.717) is 6.61 Å². The Morgan fingerprint density at radius 2 is 1.32 bits per heavy atom. The van der Waals surface area contributed by atoms with E-state index in [-0.39, 0.29) is 0 Å². The molecule has 0 atom stereocenters. The maximum Gasteiger partial charge on any atom is 0.0644 e. The average molecular weight is 459 g/mol. The first kappa shape index (κ1) is 25.5. The Kier molecular flexibility index (Phi) is 10.2. The largest absolute Gasteiger partial charge is 0.399 e. The highest BCUT2D eigenvalue weighted by molar-refractivity contribution is 5.78. The van der Waals surface area contributed by atoms with Crippen molar-refractivity contribution < 1.29 is 9.47 Å². The normalized spacial score (nSPS) is 10.9. The molecule has 2 N–H and O–H groups in total. The molecule has 34 heavy (non-hydrogen) atoms. The van der Waals surface area contributed by atoms with Gasteiger partial charge in [0.2, 0.25) is 0 Å². The van der Waals surface area contributed by atoms with Crippen molar-refractivity contribution in [3.05, 3.63) is 96.1 Å². The highest BCUT2D eigenvalue weighted by Gasteiger charge is 2.13. The molecule has 180 valence electrons. The van der Waals surface area contributed by atoms with E-state index in [1.807, 2.05) is 13.0 Å². The third-order valence-corrected chi connectivity index (χ3v) is 5.85. The molecule has 0 spiro atoms. The van der Waals surface area contributed by atoms with E-state index >= 15 is 0 Å². The van der Waals surface area contributed by atoms with Crippen LogP contribution in [0.3, 0.4) is 0 Å². The second-order valence-corrected chi connectivity index (χ2v) is 8.48. The lowest BCUT2D eigenvalue weighted by atomic mass is 10.1. The van der Waals surface area contributed by atoms with Crippen LogP contribution in [0.25, 0.3) is 0 Å². The molecule has 0 aromatic heterocycles. The summed E-state index contributed by atoms with van der Waals surface area (Å²) in [5.74, 6) is 0. The summed E-state index contributed by atoms with van der Waals surface area (Å²) in [5.41, 5.74) is 14.0. The van der Waals surface area contributed by atoms with Crippen LogP contribution in [-0.2, 0) is 22.3 Å². The van der Waals surface area contributed by atoms with Crippen LogP contribution in [0.1, 0.15) is 36.5 Å². The first-order valence-corrected chi connectivity index (χ1v) is 12.2. The van der Waals surface area contributed by atoms with Crippen LogP contribution in [0, 0.1) is 6.92 Å². The predicted molar refractivity (Wildman–Crippen MR) is 144 cm³/mol. The van der Waals surface area contributed by atoms with Gasteiger partial charge in [-0.3, -0.25) is 0 Å². The molecule has 4 heteroatoms. The van der Waals surface area contributed by atoms with Gasteiger partial charge in [-0.15, -0.1) is 6.58 Å². The van der Waals surface area contributed by atoms with E-state index in [0.717, 1.165) is 73.8 Å². The van der Waals surface area contributed by atoms with Gasteiger partial charge in [0.1, 0.15) is 0 Å². The monoisotopic (exact) mass is 458 g/mol. The number of benzene rings is 3. The van der Waals surface area contributed by atoms with Gasteiger partial charge in [0, 0.05) is 42.6 Å². The van der Waals surface area contributed by atoms with Gasteiger partial charge >= 0.3 is 0 Å². The molecule has 3 aromatic rings. The Morgan fingerprint density at radius 3 is 1.82 bits per heavy atom. The van der Waals surface area contributed by atoms with E-state index in [1.165, 1.54) is 11.1 Å². The molecular formula is C30H38N2O2. The van der Waals surface area contributed by atoms with Gasteiger partial charge in [0.15, 0.2) is 0 Å². The second kappa shape index (κ2) is 13.6. The fraction of sp³-hybridized carbons (Fsp3) is 0.333. The van der Waals surface area contributed by atoms with Crippen molar-refractivity contribution in [2.45, 2.75) is 39.5 Å². The van der Waals surface area contributed by atoms with Gasteiger partial charge in [-0.2, -0.15) is 0 Å². The smallest absolute Gasteiger partial charge is 0.0644 e. The summed E-state index contributed by atoms with van der Waals surface area (Å²) in [6, 6.07) is 23.9. The van der Waals surface area contributed by atoms with Gasteiger partial charge in [0.25, 0.3) is 0 Å². The van der Waals surface area contributed by atoms with Gasteiger partial charge in [-0.1, -0.05) is 30.3 Å². The third-order valence-electron chi connectivity index (χ3n) is 5.85. The van der Waals surface area contributed by atoms with Gasteiger partial charge < -0.3 is 20.1 Å². The van der Waals surface area contributed by atoms with E-state index in [1.54, 1.807) is 6.08 Å². The maximum atomic E-state index is 6.11. The molecule has 0 amide bonds. The van der Waals surface area contributed by atoms with Crippen LogP contribution >= 0.6 is 0 Å². The molecule has 0 fully saturated rings. The number of hydrogen-bond donors (Lipinski definition) is 1. The Hall–Kier alpha value is -3.08. The fourth-order valence-corrected chi connectivity index (χ4v) is 3.94. The number of anilines is 4. The Labute approximate surface area is 205 Å². The first-order chi connectivity index (χ1) is 16.6. The number of nitrogens with zero attached hydrogens (tertiary/aromatic N) is 1. The standard InChI is InChI=1S/C30H38N2O2/c1-4-20-34-22-7-9-26-12-16-28(17-13-26)32(29-18-19-30(31)24(3)23-29)27-14-10-25(11-15-27)8-6-21-33-5-2/h4,10-19,23H,1,5-9,20-22,31H2,2-3H3. The fourth-order valence-electron chi connectivity index (χ4n) is 3.94. The third kappa shape index (κ3) is 7.47. The van der Waals surface area contributed by atoms with Gasteiger partial charge in [-0.05, 0) is 98.7 Å². The lowest BCUT2D eigenvalue weighted by molar-refractivity contribution is 0.145. The minimum atomic E-state index is 0.611. The number of aryl methyl sites for hydroxylation is 3. The van der Waals surface area contributed by atoms with Crippen molar-refractivity contribution >= 4 is 22.7 Å². The number of hydrogen-bond acceptors (Lipinski definition) is 4. The summed E-state index contributed by atoms with van der Waals surface area (Å²) >= 11 is 0. The molecule has 3 rings (SSSR count). The topological polar surface area (TPSA) is 47.7 Å². The molecular weight excluding hydrogens is 420 g/mol. The molecule has 4 nitrogen and oxygen atoms in total. The molecule has 3 aromatic carbocycles. The van der Waals surface area contributed by atoms with E-state index in [2.05, 4.69) is 79.1 Å². The highest BCUT2D eigenvalue weighted by Crippen LogP contribution is 2.36. The van der Waals surface area contributed by atoms with Crippen molar-refractivity contribution in [1.29, 1.82) is 0 Å². The van der Waals surface area contributed by atoms with Crippen LogP contribution in [0.5, 0.6) is 0 Å². The number of ether oxygens (including phenoxy) is 2. The highest BCUT2D eigenvalue weighted by atomic mass is 16.5. The molecule has 0 saturated heterocycles. The lowest BCUT2D eigenvalue weighted by Crippen LogP contribution is -2.11. The van der Waals surface area contributed by atoms with Gasteiger partial charge in [-0.25, -0.2) is 0 Å². The summed E-state index contributed by atoms with van der Waals surface area (Å²) in [7, 11) is 0. The summed E-state index contributed by atoms with van der Waals surface area (Å²) in [4.78, 5) is 2.29. The zero-order valence-corrected chi connectivity index (χ0v) is 20.6. The van der Waals surface area contributed by atoms with Crippen LogP contribution in [0.4, 0.5) is 22.7 Å². The summed E-state index contributed by atoms with van der Waals surface area (Å²) < 4.78 is 11.0. The average Bonchev–Trinajstić information content (AvgIpc) is 2.86. The Bertz CT molecular complexity index is 1010. The minimum absolute atomic E-state index is 0.611. The molecule has 0 aliphatic heterocycles.